The number of nitrogens with one attached hydrogen (secondary N) is 1. The first-order valence-electron chi connectivity index (χ1n) is 7.74. The molecule has 0 saturated heterocycles. The summed E-state index contributed by atoms with van der Waals surface area (Å²) < 4.78 is 0. The summed E-state index contributed by atoms with van der Waals surface area (Å²) in [5, 5.41) is 14.5. The highest BCUT2D eigenvalue weighted by Crippen LogP contribution is 2.24. The molecule has 21 heavy (non-hydrogen) atoms. The number of rotatable bonds is 6. The van der Waals surface area contributed by atoms with Gasteiger partial charge in [-0.05, 0) is 58.1 Å². The van der Waals surface area contributed by atoms with Crippen LogP contribution in [0.4, 0.5) is 5.69 Å². The highest BCUT2D eigenvalue weighted by Gasteiger charge is 2.14. The molecule has 1 aliphatic carbocycles. The van der Waals surface area contributed by atoms with Crippen molar-refractivity contribution in [2.75, 3.05) is 6.54 Å². The fourth-order valence-corrected chi connectivity index (χ4v) is 2.79. The molecule has 1 aliphatic rings. The quantitative estimate of drug-likeness (QED) is 0.478. The van der Waals surface area contributed by atoms with Crippen LogP contribution in [0.25, 0.3) is 0 Å². The summed E-state index contributed by atoms with van der Waals surface area (Å²) >= 11 is 0. The Morgan fingerprint density at radius 3 is 2.86 bits per heavy atom. The summed E-state index contributed by atoms with van der Waals surface area (Å²) in [4.78, 5) is 10.7. The van der Waals surface area contributed by atoms with Crippen LogP contribution in [0.1, 0.15) is 56.2 Å². The van der Waals surface area contributed by atoms with Crippen LogP contribution < -0.4 is 5.32 Å². The monoisotopic (exact) mass is 288 g/mol. The Morgan fingerprint density at radius 1 is 1.38 bits per heavy atom. The maximum atomic E-state index is 11.0. The first-order chi connectivity index (χ1) is 10.1. The topological polar surface area (TPSA) is 55.2 Å². The van der Waals surface area contributed by atoms with Gasteiger partial charge in [0.1, 0.15) is 0 Å². The molecule has 2 rings (SSSR count). The standard InChI is InChI=1S/C17H24N2O2/c1-13-8-9-16(12-17(13)19(20)21)14(2)18-11-10-15-6-4-3-5-7-15/h6,8-9,12,14,18H,3-5,7,10-11H2,1-2H3. The van der Waals surface area contributed by atoms with Crippen LogP contribution in [-0.4, -0.2) is 11.5 Å². The molecule has 1 aromatic rings. The summed E-state index contributed by atoms with van der Waals surface area (Å²) in [5.74, 6) is 0. The minimum Gasteiger partial charge on any atom is -0.310 e. The van der Waals surface area contributed by atoms with Crippen molar-refractivity contribution in [3.8, 4) is 0 Å². The third-order valence-corrected chi connectivity index (χ3v) is 4.21. The van der Waals surface area contributed by atoms with E-state index in [1.165, 1.54) is 25.7 Å². The Kier molecular flexibility index (Phi) is 5.51. The lowest BCUT2D eigenvalue weighted by Crippen LogP contribution is -2.20. The van der Waals surface area contributed by atoms with E-state index in [1.807, 2.05) is 12.1 Å². The first-order valence-corrected chi connectivity index (χ1v) is 7.74. The SMILES string of the molecule is Cc1ccc(C(C)NCCC2=CCCCC2)cc1[N+](=O)[O-]. The van der Waals surface area contributed by atoms with Gasteiger partial charge in [0, 0.05) is 17.7 Å². The molecule has 0 spiro atoms. The Bertz CT molecular complexity index is 538. The second-order valence-corrected chi connectivity index (χ2v) is 5.84. The highest BCUT2D eigenvalue weighted by atomic mass is 16.6. The van der Waals surface area contributed by atoms with Crippen LogP contribution in [0.5, 0.6) is 0 Å². The van der Waals surface area contributed by atoms with E-state index in [4.69, 9.17) is 0 Å². The van der Waals surface area contributed by atoms with Gasteiger partial charge in [0.2, 0.25) is 0 Å². The smallest absolute Gasteiger partial charge is 0.272 e. The first kappa shape index (κ1) is 15.7. The highest BCUT2D eigenvalue weighted by molar-refractivity contribution is 5.43. The van der Waals surface area contributed by atoms with Crippen molar-refractivity contribution < 1.29 is 4.92 Å². The minimum atomic E-state index is -0.307. The fraction of sp³-hybridized carbons (Fsp3) is 0.529. The summed E-state index contributed by atoms with van der Waals surface area (Å²) in [6.07, 6.45) is 8.53. The molecule has 0 bridgehead atoms. The number of hydrogen-bond donors (Lipinski definition) is 1. The van der Waals surface area contributed by atoms with Gasteiger partial charge in [-0.3, -0.25) is 10.1 Å². The Hall–Kier alpha value is -1.68. The van der Waals surface area contributed by atoms with Crippen molar-refractivity contribution >= 4 is 5.69 Å². The normalized spacial score (nSPS) is 16.4. The molecule has 1 aromatic carbocycles. The number of allylic oxidation sites excluding steroid dienone is 1. The molecule has 1 N–H and O–H groups in total. The number of nitrogens with zero attached hydrogens (tertiary/aromatic N) is 1. The Morgan fingerprint density at radius 2 is 2.19 bits per heavy atom. The van der Waals surface area contributed by atoms with Gasteiger partial charge in [0.15, 0.2) is 0 Å². The average Bonchev–Trinajstić information content (AvgIpc) is 2.48. The molecule has 1 atom stereocenters. The zero-order valence-corrected chi connectivity index (χ0v) is 12.9. The van der Waals surface area contributed by atoms with E-state index < -0.39 is 0 Å². The lowest BCUT2D eigenvalue weighted by Gasteiger charge is -2.17. The number of hydrogen-bond acceptors (Lipinski definition) is 3. The summed E-state index contributed by atoms with van der Waals surface area (Å²) in [5.41, 5.74) is 3.44. The van der Waals surface area contributed by atoms with Crippen molar-refractivity contribution in [1.29, 1.82) is 0 Å². The van der Waals surface area contributed by atoms with E-state index >= 15 is 0 Å². The van der Waals surface area contributed by atoms with Crippen LogP contribution >= 0.6 is 0 Å². The lowest BCUT2D eigenvalue weighted by molar-refractivity contribution is -0.385. The van der Waals surface area contributed by atoms with E-state index in [0.717, 1.165) is 18.5 Å². The average molecular weight is 288 g/mol. The Balaban J connectivity index is 1.91. The molecule has 0 aromatic heterocycles. The van der Waals surface area contributed by atoms with Crippen LogP contribution in [0.2, 0.25) is 0 Å². The predicted molar refractivity (Wildman–Crippen MR) is 85.4 cm³/mol. The second-order valence-electron chi connectivity index (χ2n) is 5.84. The van der Waals surface area contributed by atoms with Crippen LogP contribution in [0, 0.1) is 17.0 Å². The number of aryl methyl sites for hydroxylation is 1. The molecule has 0 fully saturated rings. The third kappa shape index (κ3) is 4.39. The van der Waals surface area contributed by atoms with Gasteiger partial charge in [-0.1, -0.05) is 23.8 Å². The molecule has 4 nitrogen and oxygen atoms in total. The molecule has 0 amide bonds. The molecule has 4 heteroatoms. The second kappa shape index (κ2) is 7.36. The molecule has 0 heterocycles. The van der Waals surface area contributed by atoms with Crippen LogP contribution in [-0.2, 0) is 0 Å². The largest absolute Gasteiger partial charge is 0.310 e. The van der Waals surface area contributed by atoms with E-state index in [2.05, 4.69) is 18.3 Å². The van der Waals surface area contributed by atoms with E-state index in [9.17, 15) is 10.1 Å². The molecule has 1 unspecified atom stereocenters. The van der Waals surface area contributed by atoms with Crippen molar-refractivity contribution in [2.45, 2.75) is 52.0 Å². The van der Waals surface area contributed by atoms with Gasteiger partial charge < -0.3 is 5.32 Å². The summed E-state index contributed by atoms with van der Waals surface area (Å²) in [6.45, 7) is 4.76. The zero-order chi connectivity index (χ0) is 15.2. The van der Waals surface area contributed by atoms with E-state index in [-0.39, 0.29) is 16.7 Å². The summed E-state index contributed by atoms with van der Waals surface area (Å²) in [7, 11) is 0. The zero-order valence-electron chi connectivity index (χ0n) is 12.9. The van der Waals surface area contributed by atoms with E-state index in [1.54, 1.807) is 18.6 Å². The van der Waals surface area contributed by atoms with Crippen molar-refractivity contribution in [3.05, 3.63) is 51.1 Å². The van der Waals surface area contributed by atoms with Crippen LogP contribution in [0.15, 0.2) is 29.8 Å². The van der Waals surface area contributed by atoms with Gasteiger partial charge in [-0.25, -0.2) is 0 Å². The van der Waals surface area contributed by atoms with Crippen molar-refractivity contribution in [1.82, 2.24) is 5.32 Å². The lowest BCUT2D eigenvalue weighted by atomic mass is 9.97. The van der Waals surface area contributed by atoms with Gasteiger partial charge in [-0.15, -0.1) is 0 Å². The van der Waals surface area contributed by atoms with E-state index in [0.29, 0.717) is 5.56 Å². The van der Waals surface area contributed by atoms with Gasteiger partial charge in [0.25, 0.3) is 5.69 Å². The molecule has 114 valence electrons. The van der Waals surface area contributed by atoms with Gasteiger partial charge >= 0.3 is 0 Å². The van der Waals surface area contributed by atoms with Crippen LogP contribution in [0.3, 0.4) is 0 Å². The van der Waals surface area contributed by atoms with Crippen molar-refractivity contribution in [2.24, 2.45) is 0 Å². The maximum Gasteiger partial charge on any atom is 0.272 e. The minimum absolute atomic E-state index is 0.133. The van der Waals surface area contributed by atoms with Gasteiger partial charge in [-0.2, -0.15) is 0 Å². The molecular weight excluding hydrogens is 264 g/mol. The molecule has 0 aliphatic heterocycles. The number of nitro groups is 1. The van der Waals surface area contributed by atoms with Gasteiger partial charge in [0.05, 0.1) is 4.92 Å². The summed E-state index contributed by atoms with van der Waals surface area (Å²) in [6, 6.07) is 5.62. The third-order valence-electron chi connectivity index (χ3n) is 4.21. The molecule has 0 radical (unpaired) electrons. The Labute approximate surface area is 126 Å². The molecule has 0 saturated carbocycles. The predicted octanol–water partition coefficient (Wildman–Crippen LogP) is 4.44. The number of benzene rings is 1. The molecular formula is C17H24N2O2. The maximum absolute atomic E-state index is 11.0. The fourth-order valence-electron chi connectivity index (χ4n) is 2.79. The number of nitro benzene ring substituents is 1. The van der Waals surface area contributed by atoms with Crippen molar-refractivity contribution in [3.63, 3.8) is 0 Å².